The molecule has 0 atom stereocenters. The molecule has 6 nitrogen and oxygen atoms in total. The SMILES string of the molecule is CCCSc1nc(-c2cccc(Cl)c2)nc2c1c(=O)n(C)c(=O)n2C. The molecule has 2 heterocycles. The van der Waals surface area contributed by atoms with Crippen LogP contribution in [0.5, 0.6) is 0 Å². The van der Waals surface area contributed by atoms with Crippen LogP contribution < -0.4 is 11.2 Å². The third-order valence-corrected chi connectivity index (χ3v) is 5.21. The Morgan fingerprint density at radius 3 is 2.60 bits per heavy atom. The Morgan fingerprint density at radius 1 is 1.16 bits per heavy atom. The van der Waals surface area contributed by atoms with Crippen LogP contribution in [0.15, 0.2) is 38.9 Å². The predicted molar refractivity (Wildman–Crippen MR) is 101 cm³/mol. The maximum atomic E-state index is 12.6. The molecule has 0 aliphatic rings. The first kappa shape index (κ1) is 17.7. The Bertz CT molecular complexity index is 1070. The van der Waals surface area contributed by atoms with Gasteiger partial charge in [-0.2, -0.15) is 0 Å². The molecule has 0 amide bonds. The van der Waals surface area contributed by atoms with E-state index in [4.69, 9.17) is 11.6 Å². The minimum atomic E-state index is -0.417. The number of benzene rings is 1. The second-order valence-corrected chi connectivity index (χ2v) is 7.14. The molecule has 0 saturated carbocycles. The number of aryl methyl sites for hydroxylation is 1. The van der Waals surface area contributed by atoms with E-state index in [9.17, 15) is 9.59 Å². The Kier molecular flexibility index (Phi) is 4.96. The highest BCUT2D eigenvalue weighted by atomic mass is 35.5. The smallest absolute Gasteiger partial charge is 0.280 e. The first-order valence-electron chi connectivity index (χ1n) is 7.80. The van der Waals surface area contributed by atoms with Gasteiger partial charge in [0.05, 0.1) is 0 Å². The Labute approximate surface area is 153 Å². The largest absolute Gasteiger partial charge is 0.332 e. The third kappa shape index (κ3) is 3.21. The van der Waals surface area contributed by atoms with Crippen LogP contribution in [0.25, 0.3) is 22.4 Å². The summed E-state index contributed by atoms with van der Waals surface area (Å²) < 4.78 is 2.46. The van der Waals surface area contributed by atoms with E-state index in [2.05, 4.69) is 16.9 Å². The first-order chi connectivity index (χ1) is 11.9. The molecule has 130 valence electrons. The van der Waals surface area contributed by atoms with Crippen LogP contribution in [-0.4, -0.2) is 24.9 Å². The maximum Gasteiger partial charge on any atom is 0.332 e. The van der Waals surface area contributed by atoms with E-state index >= 15 is 0 Å². The van der Waals surface area contributed by atoms with Crippen LogP contribution in [0.2, 0.25) is 5.02 Å². The van der Waals surface area contributed by atoms with E-state index in [1.165, 1.54) is 23.4 Å². The van der Waals surface area contributed by atoms with Crippen molar-refractivity contribution in [1.82, 2.24) is 19.1 Å². The van der Waals surface area contributed by atoms with Crippen LogP contribution in [-0.2, 0) is 14.1 Å². The molecular formula is C17H17ClN4O2S. The Morgan fingerprint density at radius 2 is 1.92 bits per heavy atom. The second kappa shape index (κ2) is 7.01. The molecule has 0 radical (unpaired) electrons. The summed E-state index contributed by atoms with van der Waals surface area (Å²) in [5.74, 6) is 1.25. The van der Waals surface area contributed by atoms with Crippen molar-refractivity contribution in [2.45, 2.75) is 18.4 Å². The molecule has 0 aliphatic heterocycles. The Hall–Kier alpha value is -2.12. The van der Waals surface area contributed by atoms with Gasteiger partial charge in [0.1, 0.15) is 10.4 Å². The van der Waals surface area contributed by atoms with Crippen molar-refractivity contribution >= 4 is 34.4 Å². The standard InChI is InChI=1S/C17H17ClN4O2S/c1-4-8-25-15-12-14(21(2)17(24)22(3)16(12)23)19-13(20-15)10-6-5-7-11(18)9-10/h5-7,9H,4,8H2,1-3H3. The van der Waals surface area contributed by atoms with E-state index < -0.39 is 5.69 Å². The molecule has 0 spiro atoms. The molecule has 0 N–H and O–H groups in total. The highest BCUT2D eigenvalue weighted by Crippen LogP contribution is 2.27. The average Bonchev–Trinajstić information content (AvgIpc) is 2.62. The number of fused-ring (bicyclic) bond motifs is 1. The van der Waals surface area contributed by atoms with Crippen molar-refractivity contribution in [3.63, 3.8) is 0 Å². The normalized spacial score (nSPS) is 11.2. The zero-order valence-corrected chi connectivity index (χ0v) is 15.7. The molecule has 0 saturated heterocycles. The van der Waals surface area contributed by atoms with Gasteiger partial charge >= 0.3 is 5.69 Å². The molecule has 1 aromatic carbocycles. The van der Waals surface area contributed by atoms with Gasteiger partial charge in [0.25, 0.3) is 5.56 Å². The van der Waals surface area contributed by atoms with Crippen molar-refractivity contribution in [1.29, 1.82) is 0 Å². The lowest BCUT2D eigenvalue weighted by Gasteiger charge is -2.12. The van der Waals surface area contributed by atoms with Gasteiger partial charge < -0.3 is 0 Å². The van der Waals surface area contributed by atoms with Gasteiger partial charge in [-0.1, -0.05) is 30.7 Å². The molecule has 0 unspecified atom stereocenters. The minimum Gasteiger partial charge on any atom is -0.280 e. The minimum absolute atomic E-state index is 0.330. The molecule has 8 heteroatoms. The van der Waals surface area contributed by atoms with Gasteiger partial charge in [-0.15, -0.1) is 11.8 Å². The van der Waals surface area contributed by atoms with Gasteiger partial charge in [-0.05, 0) is 24.3 Å². The molecule has 0 fully saturated rings. The van der Waals surface area contributed by atoms with Crippen LogP contribution >= 0.6 is 23.4 Å². The van der Waals surface area contributed by atoms with Gasteiger partial charge in [0, 0.05) is 24.7 Å². The van der Waals surface area contributed by atoms with Crippen molar-refractivity contribution in [3.05, 3.63) is 50.1 Å². The molecular weight excluding hydrogens is 360 g/mol. The summed E-state index contributed by atoms with van der Waals surface area (Å²) in [6, 6.07) is 7.19. The number of thioether (sulfide) groups is 1. The summed E-state index contributed by atoms with van der Waals surface area (Å²) in [6.45, 7) is 2.06. The van der Waals surface area contributed by atoms with E-state index in [1.807, 2.05) is 12.1 Å². The van der Waals surface area contributed by atoms with Crippen LogP contribution in [0, 0.1) is 0 Å². The molecule has 3 aromatic rings. The first-order valence-corrected chi connectivity index (χ1v) is 9.17. The lowest BCUT2D eigenvalue weighted by atomic mass is 10.2. The average molecular weight is 377 g/mol. The molecule has 25 heavy (non-hydrogen) atoms. The van der Waals surface area contributed by atoms with Gasteiger partial charge in [0.15, 0.2) is 11.5 Å². The van der Waals surface area contributed by atoms with Gasteiger partial charge in [-0.25, -0.2) is 14.8 Å². The highest BCUT2D eigenvalue weighted by Gasteiger charge is 2.18. The molecule has 2 aromatic heterocycles. The number of hydrogen-bond acceptors (Lipinski definition) is 5. The predicted octanol–water partition coefficient (Wildman–Crippen LogP) is 2.85. The van der Waals surface area contributed by atoms with Crippen molar-refractivity contribution in [3.8, 4) is 11.4 Å². The number of hydrogen-bond donors (Lipinski definition) is 0. The zero-order valence-electron chi connectivity index (χ0n) is 14.1. The number of rotatable bonds is 4. The summed E-state index contributed by atoms with van der Waals surface area (Å²) in [5.41, 5.74) is 0.270. The summed E-state index contributed by atoms with van der Waals surface area (Å²) in [6.07, 6.45) is 0.939. The molecule has 0 bridgehead atoms. The summed E-state index contributed by atoms with van der Waals surface area (Å²) in [5, 5.41) is 1.52. The van der Waals surface area contributed by atoms with Crippen LogP contribution in [0.4, 0.5) is 0 Å². The van der Waals surface area contributed by atoms with Crippen LogP contribution in [0.1, 0.15) is 13.3 Å². The fourth-order valence-electron chi connectivity index (χ4n) is 2.49. The van der Waals surface area contributed by atoms with Gasteiger partial charge in [0.2, 0.25) is 0 Å². The van der Waals surface area contributed by atoms with E-state index in [-0.39, 0.29) is 5.56 Å². The van der Waals surface area contributed by atoms with Gasteiger partial charge in [-0.3, -0.25) is 13.9 Å². The lowest BCUT2D eigenvalue weighted by molar-refractivity contribution is 0.703. The fourth-order valence-corrected chi connectivity index (χ4v) is 3.55. The maximum absolute atomic E-state index is 12.6. The third-order valence-electron chi connectivity index (χ3n) is 3.79. The highest BCUT2D eigenvalue weighted by molar-refractivity contribution is 7.99. The fraction of sp³-hybridized carbons (Fsp3) is 0.294. The number of nitrogens with zero attached hydrogens (tertiary/aromatic N) is 4. The summed E-state index contributed by atoms with van der Waals surface area (Å²) >= 11 is 7.56. The molecule has 3 rings (SSSR count). The van der Waals surface area contributed by atoms with Crippen LogP contribution in [0.3, 0.4) is 0 Å². The van der Waals surface area contributed by atoms with Crippen molar-refractivity contribution in [2.75, 3.05) is 5.75 Å². The summed E-state index contributed by atoms with van der Waals surface area (Å²) in [4.78, 5) is 34.0. The van der Waals surface area contributed by atoms with Crippen molar-refractivity contribution in [2.24, 2.45) is 14.1 Å². The zero-order chi connectivity index (χ0) is 18.1. The summed E-state index contributed by atoms with van der Waals surface area (Å²) in [7, 11) is 3.07. The monoisotopic (exact) mass is 376 g/mol. The van der Waals surface area contributed by atoms with E-state index in [1.54, 1.807) is 19.2 Å². The number of aromatic nitrogens is 4. The quantitative estimate of drug-likeness (QED) is 0.517. The number of halogens is 1. The topological polar surface area (TPSA) is 69.8 Å². The molecule has 0 aliphatic carbocycles. The lowest BCUT2D eigenvalue weighted by Crippen LogP contribution is -2.37. The van der Waals surface area contributed by atoms with E-state index in [0.29, 0.717) is 26.9 Å². The second-order valence-electron chi connectivity index (χ2n) is 5.62. The van der Waals surface area contributed by atoms with E-state index in [0.717, 1.165) is 22.3 Å². The van der Waals surface area contributed by atoms with Crippen molar-refractivity contribution < 1.29 is 0 Å². The Balaban J connectivity index is 2.39.